The summed E-state index contributed by atoms with van der Waals surface area (Å²) >= 11 is 1.61. The zero-order valence-corrected chi connectivity index (χ0v) is 12.9. The lowest BCUT2D eigenvalue weighted by molar-refractivity contribution is 0.0658. The maximum absolute atomic E-state index is 12.7. The second-order valence-electron chi connectivity index (χ2n) is 5.71. The summed E-state index contributed by atoms with van der Waals surface area (Å²) in [5.41, 5.74) is 1.98. The highest BCUT2D eigenvalue weighted by atomic mass is 32.1. The molecule has 2 rings (SSSR count). The molecule has 0 aromatic carbocycles. The van der Waals surface area contributed by atoms with E-state index in [2.05, 4.69) is 24.5 Å². The fourth-order valence-electron chi connectivity index (χ4n) is 2.61. The highest BCUT2D eigenvalue weighted by Crippen LogP contribution is 2.21. The molecule has 1 aromatic rings. The van der Waals surface area contributed by atoms with Crippen LogP contribution in [0.4, 0.5) is 0 Å². The molecule has 106 valence electrons. The molecule has 1 saturated heterocycles. The molecule has 0 atom stereocenters. The Morgan fingerprint density at radius 3 is 2.63 bits per heavy atom. The second-order valence-corrected chi connectivity index (χ2v) is 6.46. The molecule has 1 aliphatic rings. The van der Waals surface area contributed by atoms with Gasteiger partial charge in [-0.2, -0.15) is 11.3 Å². The van der Waals surface area contributed by atoms with E-state index in [-0.39, 0.29) is 11.9 Å². The Kier molecular flexibility index (Phi) is 4.99. The minimum Gasteiger partial charge on any atom is -0.336 e. The number of thiophene rings is 1. The summed E-state index contributed by atoms with van der Waals surface area (Å²) in [6, 6.07) is 0.265. The predicted molar refractivity (Wildman–Crippen MR) is 80.8 cm³/mol. The molecular weight excluding hydrogens is 256 g/mol. The third-order valence-corrected chi connectivity index (χ3v) is 4.75. The monoisotopic (exact) mass is 280 g/mol. The van der Waals surface area contributed by atoms with Crippen LogP contribution >= 0.6 is 11.3 Å². The van der Waals surface area contributed by atoms with E-state index in [9.17, 15) is 4.79 Å². The van der Waals surface area contributed by atoms with Gasteiger partial charge < -0.3 is 10.2 Å². The second kappa shape index (κ2) is 6.53. The summed E-state index contributed by atoms with van der Waals surface area (Å²) in [7, 11) is 0. The van der Waals surface area contributed by atoms with Crippen molar-refractivity contribution >= 4 is 17.2 Å². The third-order valence-electron chi connectivity index (χ3n) is 3.88. The summed E-state index contributed by atoms with van der Waals surface area (Å²) in [5.74, 6) is 0.846. The molecule has 1 aliphatic heterocycles. The molecule has 1 fully saturated rings. The molecule has 0 radical (unpaired) electrons. The normalized spacial score (nSPS) is 16.8. The number of carbonyl (C=O) groups is 1. The Balaban J connectivity index is 2.07. The van der Waals surface area contributed by atoms with Crippen molar-refractivity contribution in [1.29, 1.82) is 0 Å². The summed E-state index contributed by atoms with van der Waals surface area (Å²) in [4.78, 5) is 14.7. The number of hydrogen-bond donors (Lipinski definition) is 1. The smallest absolute Gasteiger partial charge is 0.255 e. The molecule has 4 heteroatoms. The van der Waals surface area contributed by atoms with Crippen LogP contribution in [0.3, 0.4) is 0 Å². The van der Waals surface area contributed by atoms with E-state index in [1.54, 1.807) is 11.3 Å². The number of amides is 1. The van der Waals surface area contributed by atoms with Crippen molar-refractivity contribution < 1.29 is 4.79 Å². The van der Waals surface area contributed by atoms with Crippen LogP contribution in [0.2, 0.25) is 0 Å². The van der Waals surface area contributed by atoms with Gasteiger partial charge in [0, 0.05) is 18.0 Å². The Morgan fingerprint density at radius 1 is 1.42 bits per heavy atom. The highest BCUT2D eigenvalue weighted by molar-refractivity contribution is 7.08. The first-order chi connectivity index (χ1) is 9.09. The minimum atomic E-state index is 0.201. The molecule has 1 amide bonds. The van der Waals surface area contributed by atoms with E-state index in [4.69, 9.17) is 0 Å². The molecule has 3 nitrogen and oxygen atoms in total. The standard InChI is InChI=1S/C15H24N2OS/c1-11(2)17(8-13-4-6-16-7-5-13)15(18)14-10-19-9-12(14)3/h9-11,13,16H,4-8H2,1-3H3. The topological polar surface area (TPSA) is 32.3 Å². The van der Waals surface area contributed by atoms with Crippen molar-refractivity contribution in [1.82, 2.24) is 10.2 Å². The van der Waals surface area contributed by atoms with Crippen LogP contribution in [0.15, 0.2) is 10.8 Å². The van der Waals surface area contributed by atoms with Crippen LogP contribution in [0.1, 0.15) is 42.6 Å². The quantitative estimate of drug-likeness (QED) is 0.920. The summed E-state index contributed by atoms with van der Waals surface area (Å²) < 4.78 is 0. The van der Waals surface area contributed by atoms with Crippen LogP contribution in [0, 0.1) is 12.8 Å². The first kappa shape index (κ1) is 14.5. The number of hydrogen-bond acceptors (Lipinski definition) is 3. The highest BCUT2D eigenvalue weighted by Gasteiger charge is 2.24. The van der Waals surface area contributed by atoms with Crippen LogP contribution < -0.4 is 5.32 Å². The Hall–Kier alpha value is -0.870. The molecule has 0 aliphatic carbocycles. The van der Waals surface area contributed by atoms with Gasteiger partial charge in [-0.3, -0.25) is 4.79 Å². The SMILES string of the molecule is Cc1cscc1C(=O)N(CC1CCNCC1)C(C)C. The lowest BCUT2D eigenvalue weighted by atomic mass is 9.96. The first-order valence-electron chi connectivity index (χ1n) is 7.14. The Labute approximate surface area is 120 Å². The number of nitrogens with zero attached hydrogens (tertiary/aromatic N) is 1. The Bertz CT molecular complexity index is 422. The molecule has 2 heterocycles. The van der Waals surface area contributed by atoms with Crippen molar-refractivity contribution in [3.63, 3.8) is 0 Å². The van der Waals surface area contributed by atoms with Gasteiger partial charge >= 0.3 is 0 Å². The van der Waals surface area contributed by atoms with E-state index in [0.717, 1.165) is 30.8 Å². The van der Waals surface area contributed by atoms with Crippen LogP contribution in [-0.4, -0.2) is 36.5 Å². The average Bonchev–Trinajstić information content (AvgIpc) is 2.82. The van der Waals surface area contributed by atoms with Gasteiger partial charge in [0.2, 0.25) is 0 Å². The minimum absolute atomic E-state index is 0.201. The number of aryl methyl sites for hydroxylation is 1. The summed E-state index contributed by atoms with van der Waals surface area (Å²) in [6.07, 6.45) is 2.36. The molecule has 19 heavy (non-hydrogen) atoms. The summed E-state index contributed by atoms with van der Waals surface area (Å²) in [6.45, 7) is 9.31. The van der Waals surface area contributed by atoms with E-state index in [0.29, 0.717) is 5.92 Å². The van der Waals surface area contributed by atoms with Crippen molar-refractivity contribution in [2.75, 3.05) is 19.6 Å². The maximum Gasteiger partial charge on any atom is 0.255 e. The largest absolute Gasteiger partial charge is 0.336 e. The van der Waals surface area contributed by atoms with Gasteiger partial charge in [0.05, 0.1) is 5.56 Å². The van der Waals surface area contributed by atoms with Gasteiger partial charge in [0.1, 0.15) is 0 Å². The summed E-state index contributed by atoms with van der Waals surface area (Å²) in [5, 5.41) is 7.41. The van der Waals surface area contributed by atoms with Gasteiger partial charge in [-0.05, 0) is 63.6 Å². The van der Waals surface area contributed by atoms with E-state index >= 15 is 0 Å². The Morgan fingerprint density at radius 2 is 2.11 bits per heavy atom. The van der Waals surface area contributed by atoms with Gasteiger partial charge in [0.15, 0.2) is 0 Å². The van der Waals surface area contributed by atoms with Crippen LogP contribution in [0.5, 0.6) is 0 Å². The lowest BCUT2D eigenvalue weighted by Gasteiger charge is -2.33. The zero-order chi connectivity index (χ0) is 13.8. The molecule has 0 spiro atoms. The maximum atomic E-state index is 12.7. The van der Waals surface area contributed by atoms with Crippen molar-refractivity contribution in [2.45, 2.75) is 39.7 Å². The molecule has 0 bridgehead atoms. The predicted octanol–water partition coefficient (Wildman–Crippen LogP) is 2.91. The average molecular weight is 280 g/mol. The van der Waals surface area contributed by atoms with Gasteiger partial charge in [-0.15, -0.1) is 0 Å². The van der Waals surface area contributed by atoms with Crippen LogP contribution in [0.25, 0.3) is 0 Å². The van der Waals surface area contributed by atoms with Gasteiger partial charge in [-0.25, -0.2) is 0 Å². The third kappa shape index (κ3) is 3.57. The zero-order valence-electron chi connectivity index (χ0n) is 12.1. The first-order valence-corrected chi connectivity index (χ1v) is 8.08. The molecule has 0 saturated carbocycles. The lowest BCUT2D eigenvalue weighted by Crippen LogP contribution is -2.43. The number of carbonyl (C=O) groups excluding carboxylic acids is 1. The van der Waals surface area contributed by atoms with Crippen molar-refractivity contribution in [3.05, 3.63) is 21.9 Å². The van der Waals surface area contributed by atoms with Crippen LogP contribution in [-0.2, 0) is 0 Å². The molecule has 1 aromatic heterocycles. The fourth-order valence-corrected chi connectivity index (χ4v) is 3.43. The van der Waals surface area contributed by atoms with E-state index < -0.39 is 0 Å². The van der Waals surface area contributed by atoms with Crippen molar-refractivity contribution in [2.24, 2.45) is 5.92 Å². The number of nitrogens with one attached hydrogen (secondary N) is 1. The number of rotatable bonds is 4. The molecule has 0 unspecified atom stereocenters. The number of piperidine rings is 1. The fraction of sp³-hybridized carbons (Fsp3) is 0.667. The van der Waals surface area contributed by atoms with E-state index in [1.807, 2.05) is 17.2 Å². The molecule has 1 N–H and O–H groups in total. The van der Waals surface area contributed by atoms with Gasteiger partial charge in [-0.1, -0.05) is 0 Å². The van der Waals surface area contributed by atoms with E-state index in [1.165, 1.54) is 12.8 Å². The molecular formula is C15H24N2OS. The van der Waals surface area contributed by atoms with Crippen molar-refractivity contribution in [3.8, 4) is 0 Å². The van der Waals surface area contributed by atoms with Gasteiger partial charge in [0.25, 0.3) is 5.91 Å².